The zero-order chi connectivity index (χ0) is 17.9. The Balaban J connectivity index is 2.16. The van der Waals surface area contributed by atoms with Gasteiger partial charge in [-0.05, 0) is 25.0 Å². The van der Waals surface area contributed by atoms with Crippen LogP contribution in [-0.4, -0.2) is 50.0 Å². The Labute approximate surface area is 139 Å². The molecule has 1 aromatic rings. The fourth-order valence-electron chi connectivity index (χ4n) is 2.59. The predicted octanol–water partition coefficient (Wildman–Crippen LogP) is 1.21. The zero-order valence-electron chi connectivity index (χ0n) is 13.4. The number of methoxy groups -OCH3 is 1. The summed E-state index contributed by atoms with van der Waals surface area (Å²) in [7, 11) is -1.98. The molecule has 0 aliphatic carbocycles. The Morgan fingerprint density at radius 3 is 2.75 bits per heavy atom. The highest BCUT2D eigenvalue weighted by molar-refractivity contribution is 7.88. The average molecular weight is 357 g/mol. The minimum Gasteiger partial charge on any atom is -0.496 e. The third-order valence-electron chi connectivity index (χ3n) is 3.88. The molecule has 2 rings (SSSR count). The van der Waals surface area contributed by atoms with E-state index in [1.54, 1.807) is 0 Å². The van der Waals surface area contributed by atoms with Gasteiger partial charge in [-0.2, -0.15) is 0 Å². The van der Waals surface area contributed by atoms with Crippen molar-refractivity contribution in [2.24, 2.45) is 5.92 Å². The first kappa shape index (κ1) is 18.1. The number of piperidine rings is 1. The molecule has 0 saturated carbocycles. The van der Waals surface area contributed by atoms with Crippen LogP contribution in [0.4, 0.5) is 11.4 Å². The zero-order valence-corrected chi connectivity index (χ0v) is 14.2. The van der Waals surface area contributed by atoms with Crippen molar-refractivity contribution in [3.05, 3.63) is 28.3 Å². The summed E-state index contributed by atoms with van der Waals surface area (Å²) in [5.74, 6) is -0.674. The van der Waals surface area contributed by atoms with Gasteiger partial charge in [-0.25, -0.2) is 12.7 Å². The number of hydrogen-bond donors (Lipinski definition) is 1. The highest BCUT2D eigenvalue weighted by Crippen LogP contribution is 2.30. The van der Waals surface area contributed by atoms with Crippen LogP contribution in [0, 0.1) is 16.0 Å². The van der Waals surface area contributed by atoms with Crippen LogP contribution in [0.25, 0.3) is 0 Å². The molecule has 1 amide bonds. The van der Waals surface area contributed by atoms with Gasteiger partial charge >= 0.3 is 0 Å². The molecular formula is C14H19N3O6S. The van der Waals surface area contributed by atoms with Gasteiger partial charge in [0.05, 0.1) is 30.3 Å². The Morgan fingerprint density at radius 1 is 1.46 bits per heavy atom. The van der Waals surface area contributed by atoms with E-state index in [-0.39, 0.29) is 17.9 Å². The lowest BCUT2D eigenvalue weighted by atomic mass is 9.98. The highest BCUT2D eigenvalue weighted by atomic mass is 32.2. The van der Waals surface area contributed by atoms with Crippen molar-refractivity contribution in [1.82, 2.24) is 4.31 Å². The third-order valence-corrected chi connectivity index (χ3v) is 5.15. The molecule has 1 atom stereocenters. The number of nitrogens with one attached hydrogen (secondary N) is 1. The van der Waals surface area contributed by atoms with Gasteiger partial charge in [-0.3, -0.25) is 14.9 Å². The van der Waals surface area contributed by atoms with Crippen molar-refractivity contribution in [1.29, 1.82) is 0 Å². The van der Waals surface area contributed by atoms with Crippen molar-refractivity contribution in [2.45, 2.75) is 12.8 Å². The van der Waals surface area contributed by atoms with Crippen molar-refractivity contribution < 1.29 is 22.9 Å². The Hall–Kier alpha value is -2.20. The number of benzene rings is 1. The maximum absolute atomic E-state index is 12.4. The topological polar surface area (TPSA) is 119 Å². The number of hydrogen-bond acceptors (Lipinski definition) is 6. The van der Waals surface area contributed by atoms with Gasteiger partial charge < -0.3 is 10.1 Å². The first-order valence-corrected chi connectivity index (χ1v) is 9.15. The number of carbonyl (C=O) groups is 1. The number of ether oxygens (including phenoxy) is 1. The maximum atomic E-state index is 12.4. The highest BCUT2D eigenvalue weighted by Gasteiger charge is 2.31. The fourth-order valence-corrected chi connectivity index (χ4v) is 3.50. The Bertz CT molecular complexity index is 749. The van der Waals surface area contributed by atoms with E-state index in [1.807, 2.05) is 0 Å². The molecular weight excluding hydrogens is 338 g/mol. The van der Waals surface area contributed by atoms with Gasteiger partial charge in [0, 0.05) is 13.1 Å². The van der Waals surface area contributed by atoms with E-state index in [0.717, 1.165) is 6.26 Å². The SMILES string of the molecule is COc1ccc(NC(=O)C2CCCN(S(C)(=O)=O)C2)c([N+](=O)[O-])c1. The molecule has 0 aromatic heterocycles. The summed E-state index contributed by atoms with van der Waals surface area (Å²) >= 11 is 0. The second-order valence-corrected chi connectivity index (χ2v) is 7.57. The van der Waals surface area contributed by atoms with E-state index in [2.05, 4.69) is 5.32 Å². The first-order valence-electron chi connectivity index (χ1n) is 7.31. The second-order valence-electron chi connectivity index (χ2n) is 5.59. The number of sulfonamides is 1. The standard InChI is InChI=1S/C14H19N3O6S/c1-23-11-5-6-12(13(8-11)17(19)20)15-14(18)10-4-3-7-16(9-10)24(2,21)22/h5-6,8,10H,3-4,7,9H2,1-2H3,(H,15,18). The molecule has 1 saturated heterocycles. The molecule has 1 aliphatic rings. The summed E-state index contributed by atoms with van der Waals surface area (Å²) < 4.78 is 29.4. The molecule has 1 fully saturated rings. The first-order chi connectivity index (χ1) is 11.2. The van der Waals surface area contributed by atoms with Crippen LogP contribution < -0.4 is 10.1 Å². The third kappa shape index (κ3) is 4.20. The average Bonchev–Trinajstić information content (AvgIpc) is 2.54. The van der Waals surface area contributed by atoms with Crippen molar-refractivity contribution in [3.63, 3.8) is 0 Å². The molecule has 1 aromatic carbocycles. The number of nitro benzene ring substituents is 1. The normalized spacial score (nSPS) is 18.8. The summed E-state index contributed by atoms with van der Waals surface area (Å²) in [6.07, 6.45) is 2.19. The minimum atomic E-state index is -3.37. The molecule has 10 heteroatoms. The molecule has 1 N–H and O–H groups in total. The second kappa shape index (κ2) is 7.14. The largest absolute Gasteiger partial charge is 0.496 e. The summed E-state index contributed by atoms with van der Waals surface area (Å²) in [5, 5.41) is 13.7. The molecule has 1 heterocycles. The van der Waals surface area contributed by atoms with Crippen molar-refractivity contribution in [3.8, 4) is 5.75 Å². The molecule has 132 valence electrons. The van der Waals surface area contributed by atoms with Gasteiger partial charge in [0.15, 0.2) is 0 Å². The van der Waals surface area contributed by atoms with E-state index >= 15 is 0 Å². The lowest BCUT2D eigenvalue weighted by Crippen LogP contribution is -2.43. The van der Waals surface area contributed by atoms with Crippen LogP contribution in [0.1, 0.15) is 12.8 Å². The van der Waals surface area contributed by atoms with E-state index in [0.29, 0.717) is 25.1 Å². The van der Waals surface area contributed by atoms with Gasteiger partial charge in [-0.1, -0.05) is 0 Å². The van der Waals surface area contributed by atoms with Crippen LogP contribution in [0.15, 0.2) is 18.2 Å². The minimum absolute atomic E-state index is 0.0577. The van der Waals surface area contributed by atoms with E-state index < -0.39 is 26.8 Å². The molecule has 1 unspecified atom stereocenters. The van der Waals surface area contributed by atoms with Gasteiger partial charge in [0.2, 0.25) is 15.9 Å². The lowest BCUT2D eigenvalue weighted by Gasteiger charge is -2.30. The number of nitrogens with zero attached hydrogens (tertiary/aromatic N) is 2. The van der Waals surface area contributed by atoms with Crippen LogP contribution >= 0.6 is 0 Å². The van der Waals surface area contributed by atoms with Crippen molar-refractivity contribution in [2.75, 3.05) is 31.8 Å². The fraction of sp³-hybridized carbons (Fsp3) is 0.500. The Kier molecular flexibility index (Phi) is 5.40. The molecule has 0 spiro atoms. The number of amides is 1. The molecule has 0 bridgehead atoms. The summed E-state index contributed by atoms with van der Waals surface area (Å²) in [4.78, 5) is 22.9. The van der Waals surface area contributed by atoms with Crippen LogP contribution in [0.5, 0.6) is 5.75 Å². The molecule has 9 nitrogen and oxygen atoms in total. The van der Waals surface area contributed by atoms with Gasteiger partial charge in [0.25, 0.3) is 5.69 Å². The maximum Gasteiger partial charge on any atom is 0.296 e. The van der Waals surface area contributed by atoms with E-state index in [9.17, 15) is 23.3 Å². The monoisotopic (exact) mass is 357 g/mol. The summed E-state index contributed by atoms with van der Waals surface area (Å²) in [6, 6.07) is 4.12. The van der Waals surface area contributed by atoms with E-state index in [4.69, 9.17) is 4.74 Å². The summed E-state index contributed by atoms with van der Waals surface area (Å²) in [6.45, 7) is 0.458. The molecule has 0 radical (unpaired) electrons. The van der Waals surface area contributed by atoms with Crippen molar-refractivity contribution >= 4 is 27.3 Å². The quantitative estimate of drug-likeness (QED) is 0.625. The molecule has 1 aliphatic heterocycles. The molecule has 24 heavy (non-hydrogen) atoms. The van der Waals surface area contributed by atoms with Crippen LogP contribution in [0.2, 0.25) is 0 Å². The van der Waals surface area contributed by atoms with Crippen LogP contribution in [0.3, 0.4) is 0 Å². The smallest absolute Gasteiger partial charge is 0.296 e. The lowest BCUT2D eigenvalue weighted by molar-refractivity contribution is -0.384. The van der Waals surface area contributed by atoms with E-state index in [1.165, 1.54) is 29.6 Å². The van der Waals surface area contributed by atoms with Gasteiger partial charge in [0.1, 0.15) is 11.4 Å². The number of carbonyl (C=O) groups excluding carboxylic acids is 1. The van der Waals surface area contributed by atoms with Crippen LogP contribution in [-0.2, 0) is 14.8 Å². The number of nitro groups is 1. The predicted molar refractivity (Wildman–Crippen MR) is 87.4 cm³/mol. The summed E-state index contributed by atoms with van der Waals surface area (Å²) in [5.41, 5.74) is -0.222. The number of anilines is 1. The number of rotatable bonds is 5. The Morgan fingerprint density at radius 2 is 2.17 bits per heavy atom. The van der Waals surface area contributed by atoms with Gasteiger partial charge in [-0.15, -0.1) is 0 Å².